The topological polar surface area (TPSA) is 60.2 Å². The second-order valence-corrected chi connectivity index (χ2v) is 8.97. The van der Waals surface area contributed by atoms with Crippen molar-refractivity contribution in [2.45, 2.75) is 42.8 Å². The molecule has 0 radical (unpaired) electrons. The number of carbonyl (C=O) groups excluding carboxylic acids is 1. The van der Waals surface area contributed by atoms with E-state index in [1.165, 1.54) is 16.7 Å². The Hall–Kier alpha value is -2.51. The zero-order valence-corrected chi connectivity index (χ0v) is 18.4. The number of halogens is 1. The zero-order chi connectivity index (χ0) is 21.0. The quantitative estimate of drug-likeness (QED) is 0.539. The van der Waals surface area contributed by atoms with E-state index in [9.17, 15) is 4.79 Å². The van der Waals surface area contributed by atoms with Crippen LogP contribution in [0.25, 0.3) is 5.69 Å². The minimum Gasteiger partial charge on any atom is -0.444 e. The Morgan fingerprint density at radius 1 is 1.24 bits per heavy atom. The Morgan fingerprint density at radius 2 is 2.00 bits per heavy atom. The van der Waals surface area contributed by atoms with E-state index in [0.29, 0.717) is 11.6 Å². The first-order chi connectivity index (χ1) is 13.7. The van der Waals surface area contributed by atoms with Gasteiger partial charge >= 0.3 is 6.09 Å². The highest BCUT2D eigenvalue weighted by atomic mass is 35.5. The fourth-order valence-corrected chi connectivity index (χ4v) is 3.67. The van der Waals surface area contributed by atoms with E-state index in [4.69, 9.17) is 21.4 Å². The summed E-state index contributed by atoms with van der Waals surface area (Å²) in [6, 6.07) is 13.3. The van der Waals surface area contributed by atoms with Crippen molar-refractivity contribution in [3.05, 3.63) is 65.6 Å². The van der Waals surface area contributed by atoms with Crippen LogP contribution in [0.15, 0.2) is 64.8 Å². The number of aromatic nitrogens is 3. The summed E-state index contributed by atoms with van der Waals surface area (Å²) in [6.45, 7) is 5.83. The molecule has 0 saturated heterocycles. The van der Waals surface area contributed by atoms with Gasteiger partial charge in [0, 0.05) is 24.3 Å². The van der Waals surface area contributed by atoms with Crippen molar-refractivity contribution in [2.24, 2.45) is 0 Å². The highest BCUT2D eigenvalue weighted by Gasteiger charge is 2.21. The van der Waals surface area contributed by atoms with Crippen LogP contribution in [0.3, 0.4) is 0 Å². The van der Waals surface area contributed by atoms with E-state index in [1.54, 1.807) is 24.1 Å². The Kier molecular flexibility index (Phi) is 6.49. The molecule has 2 aromatic heterocycles. The molecule has 29 heavy (non-hydrogen) atoms. The number of carbonyl (C=O) groups is 1. The second kappa shape index (κ2) is 8.88. The molecule has 0 N–H and O–H groups in total. The van der Waals surface area contributed by atoms with Crippen LogP contribution in [-0.4, -0.2) is 38.4 Å². The number of rotatable bonds is 5. The van der Waals surface area contributed by atoms with Crippen molar-refractivity contribution in [3.63, 3.8) is 0 Å². The Balaban J connectivity index is 1.90. The fourth-order valence-electron chi connectivity index (χ4n) is 2.53. The molecule has 0 bridgehead atoms. The van der Waals surface area contributed by atoms with Gasteiger partial charge in [-0.1, -0.05) is 35.5 Å². The third kappa shape index (κ3) is 5.74. The largest absolute Gasteiger partial charge is 0.444 e. The maximum absolute atomic E-state index is 12.3. The summed E-state index contributed by atoms with van der Waals surface area (Å²) in [6.07, 6.45) is 3.13. The van der Waals surface area contributed by atoms with Crippen molar-refractivity contribution < 1.29 is 9.53 Å². The molecule has 0 saturated carbocycles. The summed E-state index contributed by atoms with van der Waals surface area (Å²) in [5, 5.41) is 6.16. The molecule has 6 nitrogen and oxygen atoms in total. The third-order valence-corrected chi connectivity index (χ3v) is 5.07. The van der Waals surface area contributed by atoms with E-state index in [2.05, 4.69) is 4.98 Å². The lowest BCUT2D eigenvalue weighted by atomic mass is 10.2. The van der Waals surface area contributed by atoms with Gasteiger partial charge in [0.1, 0.15) is 10.6 Å². The predicted molar refractivity (Wildman–Crippen MR) is 115 cm³/mol. The number of ether oxygens (including phenoxy) is 1. The molecule has 0 spiro atoms. The van der Waals surface area contributed by atoms with Crippen molar-refractivity contribution in [1.29, 1.82) is 0 Å². The molecule has 1 amide bonds. The lowest BCUT2D eigenvalue weighted by molar-refractivity contribution is 0.0283. The van der Waals surface area contributed by atoms with Gasteiger partial charge < -0.3 is 9.64 Å². The van der Waals surface area contributed by atoms with Gasteiger partial charge in [0.15, 0.2) is 0 Å². The Morgan fingerprint density at radius 3 is 2.66 bits per heavy atom. The highest BCUT2D eigenvalue weighted by Crippen LogP contribution is 2.32. The Bertz CT molecular complexity index is 986. The number of hydrogen-bond acceptors (Lipinski definition) is 5. The van der Waals surface area contributed by atoms with Crippen molar-refractivity contribution in [2.75, 3.05) is 7.05 Å². The normalized spacial score (nSPS) is 11.3. The first-order valence-electron chi connectivity index (χ1n) is 9.09. The molecule has 0 unspecified atom stereocenters. The smallest absolute Gasteiger partial charge is 0.410 e. The summed E-state index contributed by atoms with van der Waals surface area (Å²) in [5.74, 6) is 0. The van der Waals surface area contributed by atoms with Crippen LogP contribution in [0.1, 0.15) is 26.5 Å². The molecule has 152 valence electrons. The SMILES string of the molecule is CN(Cc1cc(Sc2cccnc2)n(-c2ccccc2Cl)n1)C(=O)OC(C)(C)C. The number of nitrogens with zero attached hydrogens (tertiary/aromatic N) is 4. The maximum atomic E-state index is 12.3. The van der Waals surface area contributed by atoms with Gasteiger partial charge in [-0.25, -0.2) is 9.48 Å². The third-order valence-electron chi connectivity index (χ3n) is 3.77. The molecule has 0 aliphatic carbocycles. The molecule has 0 fully saturated rings. The molecular formula is C21H23ClN4O2S. The van der Waals surface area contributed by atoms with Gasteiger partial charge in [-0.05, 0) is 51.1 Å². The van der Waals surface area contributed by atoms with Crippen molar-refractivity contribution in [3.8, 4) is 5.69 Å². The lowest BCUT2D eigenvalue weighted by Gasteiger charge is -2.24. The van der Waals surface area contributed by atoms with Crippen LogP contribution in [0.4, 0.5) is 4.79 Å². The van der Waals surface area contributed by atoms with E-state index < -0.39 is 11.7 Å². The first-order valence-corrected chi connectivity index (χ1v) is 10.3. The van der Waals surface area contributed by atoms with Gasteiger partial charge in [-0.15, -0.1) is 0 Å². The minimum atomic E-state index is -0.552. The summed E-state index contributed by atoms with van der Waals surface area (Å²) in [5.41, 5.74) is 0.945. The standard InChI is InChI=1S/C21H23ClN4O2S/c1-21(2,3)28-20(27)25(4)14-15-12-19(29-16-8-7-11-23-13-16)26(24-15)18-10-6-5-9-17(18)22/h5-13H,14H2,1-4H3. The molecule has 3 aromatic rings. The molecule has 0 aliphatic heterocycles. The second-order valence-electron chi connectivity index (χ2n) is 7.46. The van der Waals surface area contributed by atoms with Crippen LogP contribution in [0.2, 0.25) is 5.02 Å². The van der Waals surface area contributed by atoms with Crippen LogP contribution in [-0.2, 0) is 11.3 Å². The molecule has 1 aromatic carbocycles. The van der Waals surface area contributed by atoms with Crippen LogP contribution < -0.4 is 0 Å². The zero-order valence-electron chi connectivity index (χ0n) is 16.8. The molecule has 2 heterocycles. The molecule has 8 heteroatoms. The van der Waals surface area contributed by atoms with E-state index in [1.807, 2.05) is 63.2 Å². The molecule has 0 aliphatic rings. The van der Waals surface area contributed by atoms with E-state index in [0.717, 1.165) is 21.3 Å². The van der Waals surface area contributed by atoms with Crippen LogP contribution in [0.5, 0.6) is 0 Å². The highest BCUT2D eigenvalue weighted by molar-refractivity contribution is 7.99. The maximum Gasteiger partial charge on any atom is 0.410 e. The predicted octanol–water partition coefficient (Wildman–Crippen LogP) is 5.44. The van der Waals surface area contributed by atoms with E-state index >= 15 is 0 Å². The van der Waals surface area contributed by atoms with Crippen LogP contribution >= 0.6 is 23.4 Å². The summed E-state index contributed by atoms with van der Waals surface area (Å²) in [4.78, 5) is 19.0. The first kappa shape index (κ1) is 21.2. The molecular weight excluding hydrogens is 408 g/mol. The minimum absolute atomic E-state index is 0.312. The number of pyridine rings is 1. The number of benzene rings is 1. The average molecular weight is 431 g/mol. The molecule has 0 atom stereocenters. The Labute approximate surface area is 179 Å². The monoisotopic (exact) mass is 430 g/mol. The molecule has 3 rings (SSSR count). The number of para-hydroxylation sites is 1. The van der Waals surface area contributed by atoms with Gasteiger partial charge in [0.05, 0.1) is 22.9 Å². The van der Waals surface area contributed by atoms with E-state index in [-0.39, 0.29) is 0 Å². The number of amides is 1. The average Bonchev–Trinajstić information content (AvgIpc) is 3.03. The van der Waals surface area contributed by atoms with Crippen LogP contribution in [0, 0.1) is 0 Å². The van der Waals surface area contributed by atoms with Crippen molar-refractivity contribution >= 4 is 29.5 Å². The van der Waals surface area contributed by atoms with Gasteiger partial charge in [-0.2, -0.15) is 5.10 Å². The summed E-state index contributed by atoms with van der Waals surface area (Å²) >= 11 is 7.93. The fraction of sp³-hybridized carbons (Fsp3) is 0.286. The summed E-state index contributed by atoms with van der Waals surface area (Å²) < 4.78 is 7.22. The van der Waals surface area contributed by atoms with Gasteiger partial charge in [-0.3, -0.25) is 4.98 Å². The summed E-state index contributed by atoms with van der Waals surface area (Å²) in [7, 11) is 1.69. The van der Waals surface area contributed by atoms with Crippen molar-refractivity contribution in [1.82, 2.24) is 19.7 Å². The van der Waals surface area contributed by atoms with Gasteiger partial charge in [0.25, 0.3) is 0 Å². The lowest BCUT2D eigenvalue weighted by Crippen LogP contribution is -2.33. The number of hydrogen-bond donors (Lipinski definition) is 0. The van der Waals surface area contributed by atoms with Gasteiger partial charge in [0.2, 0.25) is 0 Å².